The monoisotopic (exact) mass is 310 g/mol. The molecule has 0 bridgehead atoms. The fourth-order valence-corrected chi connectivity index (χ4v) is 4.65. The SMILES string of the molecule is Cc1ccnc(N2CCC(N(C)S(=O)(=O)C3CC3)CC2)n1. The Morgan fingerprint density at radius 1 is 1.24 bits per heavy atom. The highest BCUT2D eigenvalue weighted by atomic mass is 32.2. The molecule has 0 atom stereocenters. The summed E-state index contributed by atoms with van der Waals surface area (Å²) in [5.74, 6) is 0.751. The maximum Gasteiger partial charge on any atom is 0.225 e. The van der Waals surface area contributed by atoms with Gasteiger partial charge in [-0.2, -0.15) is 0 Å². The van der Waals surface area contributed by atoms with Crippen LogP contribution in [0.25, 0.3) is 0 Å². The van der Waals surface area contributed by atoms with E-state index in [1.165, 1.54) is 0 Å². The van der Waals surface area contributed by atoms with Crippen LogP contribution in [0.15, 0.2) is 12.3 Å². The van der Waals surface area contributed by atoms with Crippen molar-refractivity contribution in [2.45, 2.75) is 43.9 Å². The van der Waals surface area contributed by atoms with Crippen LogP contribution >= 0.6 is 0 Å². The minimum atomic E-state index is -3.07. The van der Waals surface area contributed by atoms with E-state index in [1.54, 1.807) is 17.5 Å². The fraction of sp³-hybridized carbons (Fsp3) is 0.714. The van der Waals surface area contributed by atoms with Crippen molar-refractivity contribution < 1.29 is 8.42 Å². The van der Waals surface area contributed by atoms with Gasteiger partial charge < -0.3 is 4.90 Å². The first-order valence-corrected chi connectivity index (χ1v) is 9.00. The van der Waals surface area contributed by atoms with E-state index in [2.05, 4.69) is 14.9 Å². The lowest BCUT2D eigenvalue weighted by Crippen LogP contribution is -2.46. The molecule has 0 radical (unpaired) electrons. The van der Waals surface area contributed by atoms with Gasteiger partial charge in [0.15, 0.2) is 0 Å². The van der Waals surface area contributed by atoms with Gasteiger partial charge in [-0.3, -0.25) is 0 Å². The summed E-state index contributed by atoms with van der Waals surface area (Å²) in [5, 5.41) is -0.124. The van der Waals surface area contributed by atoms with Gasteiger partial charge in [0, 0.05) is 38.1 Å². The number of piperidine rings is 1. The van der Waals surface area contributed by atoms with E-state index in [9.17, 15) is 8.42 Å². The molecule has 21 heavy (non-hydrogen) atoms. The van der Waals surface area contributed by atoms with Gasteiger partial charge >= 0.3 is 0 Å². The molecular formula is C14H22N4O2S. The Bertz CT molecular complexity index is 607. The third-order valence-electron chi connectivity index (χ3n) is 4.39. The molecule has 0 aromatic carbocycles. The number of aromatic nitrogens is 2. The largest absolute Gasteiger partial charge is 0.341 e. The predicted molar refractivity (Wildman–Crippen MR) is 81.7 cm³/mol. The summed E-state index contributed by atoms with van der Waals surface area (Å²) in [6.07, 6.45) is 5.08. The number of anilines is 1. The fourth-order valence-electron chi connectivity index (χ4n) is 2.83. The molecule has 1 aliphatic heterocycles. The van der Waals surface area contributed by atoms with E-state index in [0.717, 1.165) is 50.4 Å². The molecule has 116 valence electrons. The molecule has 2 aliphatic rings. The van der Waals surface area contributed by atoms with Crippen molar-refractivity contribution in [3.05, 3.63) is 18.0 Å². The normalized spacial score (nSPS) is 21.0. The van der Waals surface area contributed by atoms with Crippen LogP contribution < -0.4 is 4.90 Å². The van der Waals surface area contributed by atoms with Crippen LogP contribution in [-0.2, 0) is 10.0 Å². The molecule has 0 spiro atoms. The first-order chi connectivity index (χ1) is 9.98. The maximum atomic E-state index is 12.3. The lowest BCUT2D eigenvalue weighted by atomic mass is 10.1. The second-order valence-corrected chi connectivity index (χ2v) is 8.25. The van der Waals surface area contributed by atoms with Crippen LogP contribution in [0.4, 0.5) is 5.95 Å². The Balaban J connectivity index is 1.62. The van der Waals surface area contributed by atoms with Crippen molar-refractivity contribution >= 4 is 16.0 Å². The van der Waals surface area contributed by atoms with Crippen molar-refractivity contribution in [2.24, 2.45) is 0 Å². The predicted octanol–water partition coefficient (Wildman–Crippen LogP) is 1.18. The molecule has 1 aromatic heterocycles. The molecule has 1 saturated heterocycles. The minimum absolute atomic E-state index is 0.108. The van der Waals surface area contributed by atoms with Gasteiger partial charge in [-0.25, -0.2) is 22.7 Å². The highest BCUT2D eigenvalue weighted by Crippen LogP contribution is 2.33. The van der Waals surface area contributed by atoms with E-state index >= 15 is 0 Å². The number of rotatable bonds is 4. The first kappa shape index (κ1) is 14.7. The molecule has 0 unspecified atom stereocenters. The molecule has 2 fully saturated rings. The van der Waals surface area contributed by atoms with Gasteiger partial charge in [0.25, 0.3) is 0 Å². The summed E-state index contributed by atoms with van der Waals surface area (Å²) in [4.78, 5) is 10.9. The minimum Gasteiger partial charge on any atom is -0.341 e. The van der Waals surface area contributed by atoms with E-state index in [4.69, 9.17) is 0 Å². The second kappa shape index (κ2) is 5.53. The smallest absolute Gasteiger partial charge is 0.225 e. The second-order valence-electron chi connectivity index (χ2n) is 5.98. The van der Waals surface area contributed by atoms with Crippen molar-refractivity contribution in [3.63, 3.8) is 0 Å². The van der Waals surface area contributed by atoms with Crippen molar-refractivity contribution in [1.29, 1.82) is 0 Å². The van der Waals surface area contributed by atoms with Gasteiger partial charge in [-0.05, 0) is 38.7 Å². The summed E-state index contributed by atoms with van der Waals surface area (Å²) < 4.78 is 26.2. The van der Waals surface area contributed by atoms with Gasteiger partial charge in [0.2, 0.25) is 16.0 Å². The molecule has 6 nitrogen and oxygen atoms in total. The quantitative estimate of drug-likeness (QED) is 0.835. The Kier molecular flexibility index (Phi) is 3.88. The molecule has 1 aromatic rings. The van der Waals surface area contributed by atoms with Crippen LogP contribution in [0.3, 0.4) is 0 Å². The third kappa shape index (κ3) is 3.03. The Morgan fingerprint density at radius 3 is 2.48 bits per heavy atom. The van der Waals surface area contributed by atoms with Gasteiger partial charge in [0.05, 0.1) is 5.25 Å². The molecule has 7 heteroatoms. The number of sulfonamides is 1. The Morgan fingerprint density at radius 2 is 1.90 bits per heavy atom. The number of hydrogen-bond acceptors (Lipinski definition) is 5. The van der Waals surface area contributed by atoms with E-state index in [0.29, 0.717) is 0 Å². The summed E-state index contributed by atoms with van der Waals surface area (Å²) in [6.45, 7) is 3.56. The zero-order valence-electron chi connectivity index (χ0n) is 12.6. The average Bonchev–Trinajstić information content (AvgIpc) is 3.32. The average molecular weight is 310 g/mol. The zero-order valence-corrected chi connectivity index (χ0v) is 13.4. The van der Waals surface area contributed by atoms with Crippen LogP contribution in [0.2, 0.25) is 0 Å². The Hall–Kier alpha value is -1.21. The highest BCUT2D eigenvalue weighted by molar-refractivity contribution is 7.90. The molecule has 0 N–H and O–H groups in total. The summed E-state index contributed by atoms with van der Waals surface area (Å²) in [6, 6.07) is 1.99. The summed E-state index contributed by atoms with van der Waals surface area (Å²) in [5.41, 5.74) is 0.954. The van der Waals surface area contributed by atoms with Crippen molar-refractivity contribution in [1.82, 2.24) is 14.3 Å². The first-order valence-electron chi connectivity index (χ1n) is 7.50. The number of hydrogen-bond donors (Lipinski definition) is 0. The van der Waals surface area contributed by atoms with Gasteiger partial charge in [-0.1, -0.05) is 0 Å². The van der Waals surface area contributed by atoms with Crippen LogP contribution in [-0.4, -0.2) is 54.1 Å². The van der Waals surface area contributed by atoms with Crippen molar-refractivity contribution in [3.8, 4) is 0 Å². The standard InChI is InChI=1S/C14H22N4O2S/c1-11-5-8-15-14(16-11)18-9-6-12(7-10-18)17(2)21(19,20)13-3-4-13/h5,8,12-13H,3-4,6-7,9-10H2,1-2H3. The lowest BCUT2D eigenvalue weighted by molar-refractivity contribution is 0.310. The summed E-state index contributed by atoms with van der Waals surface area (Å²) >= 11 is 0. The Labute approximate surface area is 126 Å². The molecule has 1 aliphatic carbocycles. The van der Waals surface area contributed by atoms with E-state index in [-0.39, 0.29) is 11.3 Å². The highest BCUT2D eigenvalue weighted by Gasteiger charge is 2.41. The molecule has 2 heterocycles. The molecule has 3 rings (SSSR count). The molecule has 1 saturated carbocycles. The molecule has 0 amide bonds. The lowest BCUT2D eigenvalue weighted by Gasteiger charge is -2.36. The summed E-state index contributed by atoms with van der Waals surface area (Å²) in [7, 11) is -1.34. The zero-order chi connectivity index (χ0) is 15.0. The van der Waals surface area contributed by atoms with Crippen molar-refractivity contribution in [2.75, 3.05) is 25.0 Å². The van der Waals surface area contributed by atoms with Gasteiger partial charge in [-0.15, -0.1) is 0 Å². The maximum absolute atomic E-state index is 12.3. The number of nitrogens with zero attached hydrogens (tertiary/aromatic N) is 4. The third-order valence-corrected chi connectivity index (χ3v) is 6.81. The van der Waals surface area contributed by atoms with E-state index in [1.807, 2.05) is 13.0 Å². The number of aryl methyl sites for hydroxylation is 1. The van der Waals surface area contributed by atoms with Crippen LogP contribution in [0.5, 0.6) is 0 Å². The molecular weight excluding hydrogens is 288 g/mol. The van der Waals surface area contributed by atoms with Crippen LogP contribution in [0.1, 0.15) is 31.4 Å². The van der Waals surface area contributed by atoms with Crippen LogP contribution in [0, 0.1) is 6.92 Å². The van der Waals surface area contributed by atoms with E-state index < -0.39 is 10.0 Å². The van der Waals surface area contributed by atoms with Gasteiger partial charge in [0.1, 0.15) is 0 Å². The topological polar surface area (TPSA) is 66.4 Å².